The lowest BCUT2D eigenvalue weighted by Crippen LogP contribution is -2.48. The summed E-state index contributed by atoms with van der Waals surface area (Å²) in [6.45, 7) is 4.63. The Kier molecular flexibility index (Phi) is 4.04. The summed E-state index contributed by atoms with van der Waals surface area (Å²) in [4.78, 5) is 24.3. The third-order valence-corrected chi connectivity index (χ3v) is 2.56. The van der Waals surface area contributed by atoms with E-state index in [4.69, 9.17) is 5.11 Å². The second kappa shape index (κ2) is 5.17. The fraction of sp³-hybridized carbons (Fsp3) is 0.385. The van der Waals surface area contributed by atoms with Crippen molar-refractivity contribution in [2.75, 3.05) is 6.54 Å². The average molecular weight is 267 g/mol. The molecule has 0 fully saturated rings. The number of hydrogen-bond donors (Lipinski definition) is 3. The first kappa shape index (κ1) is 14.8. The number of aliphatic carboxylic acids is 1. The lowest BCUT2D eigenvalue weighted by atomic mass is 10.0. The summed E-state index contributed by atoms with van der Waals surface area (Å²) in [5.74, 6) is -2.30. The molecule has 0 radical (unpaired) electrons. The molecule has 0 aliphatic heterocycles. The molecular weight excluding hydrogens is 250 g/mol. The Balaban J connectivity index is 3.16. The molecule has 0 saturated carbocycles. The summed E-state index contributed by atoms with van der Waals surface area (Å²) >= 11 is 0. The van der Waals surface area contributed by atoms with Crippen molar-refractivity contribution in [3.05, 3.63) is 23.8 Å². The van der Waals surface area contributed by atoms with Crippen molar-refractivity contribution >= 4 is 11.9 Å². The van der Waals surface area contributed by atoms with Crippen LogP contribution in [0.15, 0.2) is 18.2 Å². The smallest absolute Gasteiger partial charge is 0.323 e. The second-order valence-electron chi connectivity index (χ2n) is 5.16. The first-order valence-corrected chi connectivity index (χ1v) is 5.68. The van der Waals surface area contributed by atoms with E-state index >= 15 is 0 Å². The zero-order chi connectivity index (χ0) is 14.8. The Morgan fingerprint density at radius 3 is 2.21 bits per heavy atom. The van der Waals surface area contributed by atoms with Gasteiger partial charge >= 0.3 is 5.97 Å². The molecule has 6 nitrogen and oxygen atoms in total. The van der Waals surface area contributed by atoms with E-state index in [0.717, 1.165) is 11.0 Å². The highest BCUT2D eigenvalue weighted by Gasteiger charge is 2.30. The number of hydrogen-bond acceptors (Lipinski definition) is 4. The van der Waals surface area contributed by atoms with Gasteiger partial charge in [0, 0.05) is 11.6 Å². The number of carboxylic acid groups (broad SMARTS) is 1. The van der Waals surface area contributed by atoms with Crippen LogP contribution < -0.4 is 0 Å². The zero-order valence-electron chi connectivity index (χ0n) is 11.0. The van der Waals surface area contributed by atoms with Crippen LogP contribution in [-0.2, 0) is 4.79 Å². The monoisotopic (exact) mass is 267 g/mol. The highest BCUT2D eigenvalue weighted by molar-refractivity contribution is 5.98. The Morgan fingerprint density at radius 1 is 1.21 bits per heavy atom. The van der Waals surface area contributed by atoms with Crippen molar-refractivity contribution in [3.8, 4) is 11.5 Å². The van der Waals surface area contributed by atoms with Gasteiger partial charge in [0.25, 0.3) is 5.91 Å². The molecule has 3 N–H and O–H groups in total. The third-order valence-electron chi connectivity index (χ3n) is 2.56. The molecule has 0 heterocycles. The van der Waals surface area contributed by atoms with Gasteiger partial charge in [0.1, 0.15) is 18.0 Å². The number of rotatable bonds is 3. The normalized spacial score (nSPS) is 11.1. The summed E-state index contributed by atoms with van der Waals surface area (Å²) in [5, 5.41) is 27.7. The van der Waals surface area contributed by atoms with Crippen LogP contribution in [0.25, 0.3) is 0 Å². The van der Waals surface area contributed by atoms with Gasteiger partial charge in [-0.3, -0.25) is 9.59 Å². The van der Waals surface area contributed by atoms with Gasteiger partial charge in [0.15, 0.2) is 0 Å². The van der Waals surface area contributed by atoms with Crippen molar-refractivity contribution in [1.29, 1.82) is 0 Å². The summed E-state index contributed by atoms with van der Waals surface area (Å²) in [5.41, 5.74) is -0.756. The largest absolute Gasteiger partial charge is 0.508 e. The minimum absolute atomic E-state index is 0.0472. The van der Waals surface area contributed by atoms with Gasteiger partial charge in [-0.05, 0) is 32.9 Å². The third kappa shape index (κ3) is 3.61. The fourth-order valence-corrected chi connectivity index (χ4v) is 1.60. The van der Waals surface area contributed by atoms with E-state index in [2.05, 4.69) is 0 Å². The van der Waals surface area contributed by atoms with Gasteiger partial charge in [-0.1, -0.05) is 0 Å². The SMILES string of the molecule is CC(C)(C)N(CC(=O)O)C(=O)c1ccc(O)cc1O. The number of benzene rings is 1. The zero-order valence-corrected chi connectivity index (χ0v) is 11.0. The van der Waals surface area contributed by atoms with E-state index in [1.807, 2.05) is 0 Å². The maximum atomic E-state index is 12.3. The molecule has 1 aromatic rings. The minimum Gasteiger partial charge on any atom is -0.508 e. The number of carbonyl (C=O) groups is 2. The molecular formula is C13H17NO5. The molecule has 0 aromatic heterocycles. The van der Waals surface area contributed by atoms with E-state index in [0.29, 0.717) is 0 Å². The van der Waals surface area contributed by atoms with Crippen molar-refractivity contribution < 1.29 is 24.9 Å². The predicted molar refractivity (Wildman–Crippen MR) is 68.2 cm³/mol. The molecule has 104 valence electrons. The van der Waals surface area contributed by atoms with E-state index in [-0.39, 0.29) is 17.1 Å². The van der Waals surface area contributed by atoms with E-state index < -0.39 is 24.0 Å². The van der Waals surface area contributed by atoms with Gasteiger partial charge in [0.05, 0.1) is 5.56 Å². The predicted octanol–water partition coefficient (Wildman–Crippen LogP) is 1.42. The molecule has 19 heavy (non-hydrogen) atoms. The van der Waals surface area contributed by atoms with Crippen molar-refractivity contribution in [2.45, 2.75) is 26.3 Å². The Morgan fingerprint density at radius 2 is 1.79 bits per heavy atom. The summed E-state index contributed by atoms with van der Waals surface area (Å²) in [7, 11) is 0. The van der Waals surface area contributed by atoms with E-state index in [9.17, 15) is 19.8 Å². The minimum atomic E-state index is -1.14. The van der Waals surface area contributed by atoms with Crippen LogP contribution in [0, 0.1) is 0 Å². The molecule has 0 unspecified atom stereocenters. The molecule has 0 atom stereocenters. The van der Waals surface area contributed by atoms with Crippen LogP contribution in [0.3, 0.4) is 0 Å². The summed E-state index contributed by atoms with van der Waals surface area (Å²) in [6, 6.07) is 3.55. The number of amides is 1. The highest BCUT2D eigenvalue weighted by atomic mass is 16.4. The van der Waals surface area contributed by atoms with Crippen LogP contribution in [0.2, 0.25) is 0 Å². The summed E-state index contributed by atoms with van der Waals surface area (Å²) in [6.07, 6.45) is 0. The van der Waals surface area contributed by atoms with Crippen molar-refractivity contribution in [2.24, 2.45) is 0 Å². The number of phenols is 2. The molecule has 0 saturated heterocycles. The maximum absolute atomic E-state index is 12.3. The lowest BCUT2D eigenvalue weighted by molar-refractivity contribution is -0.138. The number of carbonyl (C=O) groups excluding carboxylic acids is 1. The lowest BCUT2D eigenvalue weighted by Gasteiger charge is -2.34. The van der Waals surface area contributed by atoms with Gasteiger partial charge in [-0.2, -0.15) is 0 Å². The molecule has 1 amide bonds. The van der Waals surface area contributed by atoms with E-state index in [1.54, 1.807) is 20.8 Å². The van der Waals surface area contributed by atoms with Crippen LogP contribution >= 0.6 is 0 Å². The molecule has 0 aliphatic rings. The first-order chi connectivity index (χ1) is 8.62. The quantitative estimate of drug-likeness (QED) is 0.769. The van der Waals surface area contributed by atoms with Gasteiger partial charge in [0.2, 0.25) is 0 Å². The molecule has 0 bridgehead atoms. The first-order valence-electron chi connectivity index (χ1n) is 5.68. The fourth-order valence-electron chi connectivity index (χ4n) is 1.60. The van der Waals surface area contributed by atoms with Crippen molar-refractivity contribution in [1.82, 2.24) is 4.90 Å². The number of carboxylic acids is 1. The molecule has 0 aliphatic carbocycles. The standard InChI is InChI=1S/C13H17NO5/c1-13(2,3)14(7-11(17)18)12(19)9-5-4-8(15)6-10(9)16/h4-6,15-16H,7H2,1-3H3,(H,17,18). The summed E-state index contributed by atoms with van der Waals surface area (Å²) < 4.78 is 0. The van der Waals surface area contributed by atoms with Gasteiger partial charge in [-0.15, -0.1) is 0 Å². The maximum Gasteiger partial charge on any atom is 0.323 e. The van der Waals surface area contributed by atoms with Gasteiger partial charge in [-0.25, -0.2) is 0 Å². The average Bonchev–Trinajstić information content (AvgIpc) is 2.23. The van der Waals surface area contributed by atoms with E-state index in [1.165, 1.54) is 12.1 Å². The Labute approximate surface area is 110 Å². The number of aromatic hydroxyl groups is 2. The number of phenolic OH excluding ortho intramolecular Hbond substituents is 2. The Bertz CT molecular complexity index is 504. The number of nitrogens with zero attached hydrogens (tertiary/aromatic N) is 1. The van der Waals surface area contributed by atoms with Crippen LogP contribution in [0.1, 0.15) is 31.1 Å². The molecule has 1 rings (SSSR count). The molecule has 6 heteroatoms. The topological polar surface area (TPSA) is 98.1 Å². The molecule has 0 spiro atoms. The van der Waals surface area contributed by atoms with Crippen LogP contribution in [0.4, 0.5) is 0 Å². The highest BCUT2D eigenvalue weighted by Crippen LogP contribution is 2.26. The molecule has 1 aromatic carbocycles. The van der Waals surface area contributed by atoms with Crippen molar-refractivity contribution in [3.63, 3.8) is 0 Å². The van der Waals surface area contributed by atoms with Crippen LogP contribution in [-0.4, -0.2) is 44.2 Å². The Hall–Kier alpha value is -2.24. The van der Waals surface area contributed by atoms with Crippen LogP contribution in [0.5, 0.6) is 11.5 Å². The second-order valence-corrected chi connectivity index (χ2v) is 5.16. The van der Waals surface area contributed by atoms with Gasteiger partial charge < -0.3 is 20.2 Å².